The second kappa shape index (κ2) is 8.79. The molecule has 1 N–H and O–H groups in total. The maximum Gasteiger partial charge on any atom is 0.304 e. The van der Waals surface area contributed by atoms with Crippen molar-refractivity contribution >= 4 is 17.1 Å². The van der Waals surface area contributed by atoms with Crippen molar-refractivity contribution in [1.82, 2.24) is 9.88 Å². The Kier molecular flexibility index (Phi) is 5.68. The van der Waals surface area contributed by atoms with Crippen molar-refractivity contribution in [3.05, 3.63) is 77.6 Å². The largest absolute Gasteiger partial charge is 0.481 e. The van der Waals surface area contributed by atoms with Crippen molar-refractivity contribution in [2.45, 2.75) is 38.8 Å². The number of benzene rings is 3. The number of oxazole rings is 1. The Hall–Kier alpha value is -3.51. The quantitative estimate of drug-likeness (QED) is 0.392. The molecule has 1 atom stereocenters. The smallest absolute Gasteiger partial charge is 0.304 e. The number of carbonyl (C=O) groups is 1. The molecule has 5 nitrogen and oxygen atoms in total. The normalized spacial score (nSPS) is 16.5. The summed E-state index contributed by atoms with van der Waals surface area (Å²) in [6.07, 6.45) is 1.82. The van der Waals surface area contributed by atoms with Gasteiger partial charge in [-0.25, -0.2) is 9.37 Å². The molecule has 0 saturated carbocycles. The minimum absolute atomic E-state index is 0.0613. The van der Waals surface area contributed by atoms with E-state index >= 15 is 0 Å². The molecule has 0 amide bonds. The van der Waals surface area contributed by atoms with Gasteiger partial charge in [0, 0.05) is 29.8 Å². The third-order valence-corrected chi connectivity index (χ3v) is 6.49. The summed E-state index contributed by atoms with van der Waals surface area (Å²) in [4.78, 5) is 17.9. The number of fused-ring (bicyclic) bond motifs is 1. The van der Waals surface area contributed by atoms with Gasteiger partial charge >= 0.3 is 5.97 Å². The molecule has 6 heteroatoms. The highest BCUT2D eigenvalue weighted by atomic mass is 19.1. The SMILES string of the molecule is Cc1c(-c2ccccc2)cccc1-c1nc2cc(CN3CCC[C@H]3CC(=O)O)c(F)cc2o1. The van der Waals surface area contributed by atoms with Crippen LogP contribution in [0.15, 0.2) is 65.1 Å². The first kappa shape index (κ1) is 21.3. The number of aromatic nitrogens is 1. The molecule has 1 fully saturated rings. The molecule has 0 aliphatic carbocycles. The van der Waals surface area contributed by atoms with Gasteiger partial charge in [-0.2, -0.15) is 0 Å². The van der Waals surface area contributed by atoms with E-state index in [0.29, 0.717) is 29.1 Å². The third kappa shape index (κ3) is 4.26. The average molecular weight is 445 g/mol. The fraction of sp³-hybridized carbons (Fsp3) is 0.259. The van der Waals surface area contributed by atoms with Crippen molar-refractivity contribution < 1.29 is 18.7 Å². The molecule has 0 radical (unpaired) electrons. The first-order chi connectivity index (χ1) is 16.0. The van der Waals surface area contributed by atoms with Gasteiger partial charge in [-0.1, -0.05) is 42.5 Å². The Bertz CT molecular complexity index is 1320. The fourth-order valence-corrected chi connectivity index (χ4v) is 4.78. The van der Waals surface area contributed by atoms with Gasteiger partial charge < -0.3 is 9.52 Å². The van der Waals surface area contributed by atoms with Gasteiger partial charge in [0.2, 0.25) is 5.89 Å². The lowest BCUT2D eigenvalue weighted by molar-refractivity contribution is -0.138. The molecule has 0 bridgehead atoms. The molecule has 4 aromatic rings. The number of carboxylic acids is 1. The van der Waals surface area contributed by atoms with Crippen molar-refractivity contribution in [2.75, 3.05) is 6.54 Å². The van der Waals surface area contributed by atoms with Crippen LogP contribution >= 0.6 is 0 Å². The predicted octanol–water partition coefficient (Wildman–Crippen LogP) is 6.05. The van der Waals surface area contributed by atoms with Crippen LogP contribution in [0.4, 0.5) is 4.39 Å². The van der Waals surface area contributed by atoms with E-state index in [4.69, 9.17) is 9.52 Å². The van der Waals surface area contributed by atoms with E-state index in [1.54, 1.807) is 6.07 Å². The molecule has 33 heavy (non-hydrogen) atoms. The van der Waals surface area contributed by atoms with E-state index in [9.17, 15) is 9.18 Å². The van der Waals surface area contributed by atoms with Crippen LogP contribution in [-0.2, 0) is 11.3 Å². The molecule has 1 saturated heterocycles. The van der Waals surface area contributed by atoms with Crippen LogP contribution in [0.5, 0.6) is 0 Å². The maximum atomic E-state index is 14.9. The van der Waals surface area contributed by atoms with Crippen molar-refractivity contribution in [3.8, 4) is 22.6 Å². The van der Waals surface area contributed by atoms with E-state index in [1.165, 1.54) is 6.07 Å². The molecule has 5 rings (SSSR count). The van der Waals surface area contributed by atoms with E-state index < -0.39 is 5.97 Å². The first-order valence-corrected chi connectivity index (χ1v) is 11.2. The summed E-state index contributed by atoms with van der Waals surface area (Å²) in [6.45, 7) is 3.17. The van der Waals surface area contributed by atoms with Crippen LogP contribution in [0.3, 0.4) is 0 Å². The number of hydrogen-bond donors (Lipinski definition) is 1. The molecular weight excluding hydrogens is 419 g/mol. The second-order valence-electron chi connectivity index (χ2n) is 8.64. The summed E-state index contributed by atoms with van der Waals surface area (Å²) in [6, 6.07) is 19.2. The molecular formula is C27H25FN2O3. The number of rotatable bonds is 6. The molecule has 0 spiro atoms. The third-order valence-electron chi connectivity index (χ3n) is 6.49. The van der Waals surface area contributed by atoms with Gasteiger partial charge in [0.05, 0.1) is 6.42 Å². The van der Waals surface area contributed by atoms with Crippen LogP contribution in [0.2, 0.25) is 0 Å². The monoisotopic (exact) mass is 444 g/mol. The Balaban J connectivity index is 1.47. The van der Waals surface area contributed by atoms with E-state index in [1.807, 2.05) is 42.2 Å². The lowest BCUT2D eigenvalue weighted by Gasteiger charge is -2.23. The highest BCUT2D eigenvalue weighted by molar-refractivity contribution is 5.80. The first-order valence-electron chi connectivity index (χ1n) is 11.2. The summed E-state index contributed by atoms with van der Waals surface area (Å²) >= 11 is 0. The Labute approximate surface area is 191 Å². The van der Waals surface area contributed by atoms with Gasteiger partial charge in [-0.3, -0.25) is 9.69 Å². The minimum Gasteiger partial charge on any atom is -0.481 e. The number of nitrogens with zero attached hydrogens (tertiary/aromatic N) is 2. The zero-order valence-electron chi connectivity index (χ0n) is 18.4. The summed E-state index contributed by atoms with van der Waals surface area (Å²) in [5.74, 6) is -0.722. The fourth-order valence-electron chi connectivity index (χ4n) is 4.78. The number of likely N-dealkylation sites (tertiary alicyclic amines) is 1. The predicted molar refractivity (Wildman–Crippen MR) is 125 cm³/mol. The number of aliphatic carboxylic acids is 1. The van der Waals surface area contributed by atoms with Crippen LogP contribution in [0.1, 0.15) is 30.4 Å². The molecule has 0 unspecified atom stereocenters. The topological polar surface area (TPSA) is 66.6 Å². The van der Waals surface area contributed by atoms with Gasteiger partial charge in [0.1, 0.15) is 11.3 Å². The van der Waals surface area contributed by atoms with Gasteiger partial charge in [-0.05, 0) is 55.1 Å². The maximum absolute atomic E-state index is 14.9. The molecule has 168 valence electrons. The average Bonchev–Trinajstić information content (AvgIpc) is 3.40. The van der Waals surface area contributed by atoms with Crippen LogP contribution < -0.4 is 0 Å². The van der Waals surface area contributed by atoms with Crippen LogP contribution in [-0.4, -0.2) is 33.5 Å². The zero-order chi connectivity index (χ0) is 22.9. The van der Waals surface area contributed by atoms with E-state index in [2.05, 4.69) is 23.2 Å². The second-order valence-corrected chi connectivity index (χ2v) is 8.64. The van der Waals surface area contributed by atoms with Crippen molar-refractivity contribution in [3.63, 3.8) is 0 Å². The lowest BCUT2D eigenvalue weighted by atomic mass is 9.96. The van der Waals surface area contributed by atoms with Gasteiger partial charge in [0.15, 0.2) is 5.58 Å². The van der Waals surface area contributed by atoms with Crippen molar-refractivity contribution in [1.29, 1.82) is 0 Å². The molecule has 2 heterocycles. The van der Waals surface area contributed by atoms with Crippen molar-refractivity contribution in [2.24, 2.45) is 0 Å². The molecule has 1 aliphatic rings. The van der Waals surface area contributed by atoms with E-state index in [0.717, 1.165) is 41.6 Å². The summed E-state index contributed by atoms with van der Waals surface area (Å²) in [5.41, 5.74) is 5.64. The molecule has 1 aromatic heterocycles. The highest BCUT2D eigenvalue weighted by Gasteiger charge is 2.27. The number of halogens is 1. The van der Waals surface area contributed by atoms with Gasteiger partial charge in [0.25, 0.3) is 0 Å². The van der Waals surface area contributed by atoms with Crippen LogP contribution in [0, 0.1) is 12.7 Å². The standard InChI is InChI=1S/C27H25FN2O3/c1-17-21(18-7-3-2-4-8-18)10-5-11-22(17)27-29-24-13-19(23(28)15-25(24)33-27)16-30-12-6-9-20(30)14-26(31)32/h2-5,7-8,10-11,13,15,20H,6,9,12,14,16H2,1H3,(H,31,32)/t20-/m0/s1. The molecule has 1 aliphatic heterocycles. The van der Waals surface area contributed by atoms with Gasteiger partial charge in [-0.15, -0.1) is 0 Å². The summed E-state index contributed by atoms with van der Waals surface area (Å²) in [7, 11) is 0. The highest BCUT2D eigenvalue weighted by Crippen LogP contribution is 2.34. The van der Waals surface area contributed by atoms with Crippen LogP contribution in [0.25, 0.3) is 33.7 Å². The number of carboxylic acid groups (broad SMARTS) is 1. The lowest BCUT2D eigenvalue weighted by Crippen LogP contribution is -2.31. The summed E-state index contributed by atoms with van der Waals surface area (Å²) in [5, 5.41) is 9.16. The Morgan fingerprint density at radius 3 is 2.73 bits per heavy atom. The van der Waals surface area contributed by atoms with E-state index in [-0.39, 0.29) is 18.3 Å². The zero-order valence-corrected chi connectivity index (χ0v) is 18.4. The Morgan fingerprint density at radius 1 is 1.15 bits per heavy atom. The summed E-state index contributed by atoms with van der Waals surface area (Å²) < 4.78 is 20.9. The number of hydrogen-bond acceptors (Lipinski definition) is 4. The minimum atomic E-state index is -0.822. The Morgan fingerprint density at radius 2 is 1.94 bits per heavy atom. The molecule has 3 aromatic carbocycles.